The maximum Gasteiger partial charge on any atom is 1.00 e. The number of carbonyl (C=O) groups is 6. The summed E-state index contributed by atoms with van der Waals surface area (Å²) in [6.07, 6.45) is -7.46. The summed E-state index contributed by atoms with van der Waals surface area (Å²) in [6.45, 7) is 1.58. The Morgan fingerprint density at radius 2 is 0.867 bits per heavy atom. The van der Waals surface area contributed by atoms with Crippen LogP contribution in [-0.4, -0.2) is 66.2 Å². The van der Waals surface area contributed by atoms with Gasteiger partial charge >= 0.3 is 59.1 Å². The second kappa shape index (κ2) is 22.0. The molecule has 238 valence electrons. The van der Waals surface area contributed by atoms with E-state index in [2.05, 4.69) is 29.6 Å². The van der Waals surface area contributed by atoms with E-state index in [0.29, 0.717) is 0 Å². The van der Waals surface area contributed by atoms with Gasteiger partial charge in [0.15, 0.2) is 12.2 Å². The van der Waals surface area contributed by atoms with Crippen molar-refractivity contribution < 1.29 is 145 Å². The van der Waals surface area contributed by atoms with Crippen LogP contribution in [0.5, 0.6) is 0 Å². The summed E-state index contributed by atoms with van der Waals surface area (Å²) < 4.78 is 59.7. The third kappa shape index (κ3) is 19.5. The Bertz CT molecular complexity index is 1440. The van der Waals surface area contributed by atoms with Gasteiger partial charge in [0.2, 0.25) is 0 Å². The number of ether oxygens (including phenoxy) is 2. The Hall–Kier alpha value is -2.58. The summed E-state index contributed by atoms with van der Waals surface area (Å²) in [5.74, 6) is -2.49. The van der Waals surface area contributed by atoms with E-state index in [0.717, 1.165) is 11.1 Å². The van der Waals surface area contributed by atoms with Crippen LogP contribution in [-0.2, 0) is 59.5 Å². The van der Waals surface area contributed by atoms with Gasteiger partial charge in [-0.3, -0.25) is 9.59 Å². The first-order valence-electron chi connectivity index (χ1n) is 10.8. The van der Waals surface area contributed by atoms with E-state index in [4.69, 9.17) is 0 Å². The molecule has 0 spiro atoms. The van der Waals surface area contributed by atoms with E-state index in [9.17, 15) is 55.8 Å². The van der Waals surface area contributed by atoms with Crippen molar-refractivity contribution in [1.82, 2.24) is 0 Å². The largest absolute Gasteiger partial charge is 1.00 e. The normalized spacial score (nSPS) is 9.82. The molecule has 0 heterocycles. The van der Waals surface area contributed by atoms with E-state index >= 15 is 0 Å². The topological polar surface area (TPSA) is 292 Å². The predicted octanol–water partition coefficient (Wildman–Crippen LogP) is -5.12. The zero-order valence-electron chi connectivity index (χ0n) is 23.7. The molecule has 0 aliphatic rings. The molecule has 23 heteroatoms. The number of rotatable bonds is 8. The summed E-state index contributed by atoms with van der Waals surface area (Å²) in [6, 6.07) is 11.2. The maximum absolute atomic E-state index is 11.7. The van der Waals surface area contributed by atoms with Crippen molar-refractivity contribution in [3.05, 3.63) is 79.7 Å². The first-order valence-corrected chi connectivity index (χ1v) is 13.6. The number of sulfonamides is 2. The van der Waals surface area contributed by atoms with Crippen molar-refractivity contribution in [3.63, 3.8) is 0 Å². The third-order valence-corrected chi connectivity index (χ3v) is 6.73. The minimum absolute atomic E-state index is 0. The number of aryl methyl sites for hydroxylation is 2. The van der Waals surface area contributed by atoms with Crippen molar-refractivity contribution in [2.75, 3.05) is 13.1 Å². The Morgan fingerprint density at radius 3 is 1.11 bits per heavy atom. The van der Waals surface area contributed by atoms with Crippen LogP contribution in [0.1, 0.15) is 11.1 Å². The van der Waals surface area contributed by atoms with Gasteiger partial charge in [-0.2, -0.15) is 0 Å². The molecule has 0 N–H and O–H groups in total. The minimum atomic E-state index is -4.21. The fraction of sp³-hybridized carbons (Fsp3) is 0.182. The molecule has 45 heavy (non-hydrogen) atoms. The van der Waals surface area contributed by atoms with Gasteiger partial charge in [0.05, 0.1) is 9.79 Å². The molecule has 18 nitrogen and oxygen atoms in total. The fourth-order valence-corrected chi connectivity index (χ4v) is 4.15. The van der Waals surface area contributed by atoms with Gasteiger partial charge in [-0.15, -0.1) is 0 Å². The van der Waals surface area contributed by atoms with Crippen LogP contribution in [0.25, 0.3) is 20.1 Å². The van der Waals surface area contributed by atoms with Gasteiger partial charge in [-0.05, 0) is 38.1 Å². The molecule has 0 unspecified atom stereocenters. The van der Waals surface area contributed by atoms with Gasteiger partial charge < -0.3 is 58.9 Å². The van der Waals surface area contributed by atoms with E-state index in [1.165, 1.54) is 48.5 Å². The van der Waals surface area contributed by atoms with Crippen molar-refractivity contribution in [2.24, 2.45) is 0 Å². The van der Waals surface area contributed by atoms with Gasteiger partial charge in [0, 0.05) is 32.2 Å². The molecule has 0 fully saturated rings. The molecule has 0 bridgehead atoms. The number of benzene rings is 2. The van der Waals surface area contributed by atoms with Crippen molar-refractivity contribution in [1.29, 1.82) is 0 Å². The van der Waals surface area contributed by atoms with E-state index in [-0.39, 0.29) is 89.3 Å². The molecule has 0 aromatic heterocycles. The average Bonchev–Trinajstić information content (AvgIpc) is 2.86. The number of amides is 4. The zero-order chi connectivity index (χ0) is 32.1. The van der Waals surface area contributed by atoms with E-state index in [1.54, 1.807) is 13.8 Å². The van der Waals surface area contributed by atoms with Crippen molar-refractivity contribution in [3.8, 4) is 0 Å². The third-order valence-electron chi connectivity index (χ3n) is 4.11. The van der Waals surface area contributed by atoms with Crippen LogP contribution >= 0.6 is 0 Å². The van der Waals surface area contributed by atoms with Gasteiger partial charge in [0.1, 0.15) is 20.0 Å². The van der Waals surface area contributed by atoms with Crippen molar-refractivity contribution >= 4 is 56.4 Å². The van der Waals surface area contributed by atoms with Gasteiger partial charge in [-0.1, -0.05) is 48.5 Å². The van der Waals surface area contributed by atoms with Crippen molar-refractivity contribution in [2.45, 2.75) is 23.6 Å². The SMILES string of the molecule is Cc1ccc(S(=O)(=O)[N-]C(=O)C[N-]C(=O)OC(=O)[O-])cc1.Cc1ccc(S(=O)(=O)[N-]C(=O)C[N-]C(=O)OC(=O)[O-])cc1.[Na+].[Na+].[Pd]. The van der Waals surface area contributed by atoms with Crippen LogP contribution in [0.15, 0.2) is 58.3 Å². The van der Waals surface area contributed by atoms with Crippen LogP contribution in [0.3, 0.4) is 0 Å². The summed E-state index contributed by atoms with van der Waals surface area (Å²) in [4.78, 5) is 63.3. The average molecular weight is 779 g/mol. The van der Waals surface area contributed by atoms with Crippen LogP contribution < -0.4 is 69.3 Å². The Balaban J connectivity index is -0.000000735. The van der Waals surface area contributed by atoms with Gasteiger partial charge in [0.25, 0.3) is 12.3 Å². The number of nitrogens with zero attached hydrogens (tertiary/aromatic N) is 4. The van der Waals surface area contributed by atoms with Crippen LogP contribution in [0.2, 0.25) is 0 Å². The summed E-state index contributed by atoms with van der Waals surface area (Å²) in [5, 5.41) is 25.5. The molecule has 2 aromatic carbocycles. The Labute approximate surface area is 314 Å². The molecule has 2 aromatic rings. The fourth-order valence-electron chi connectivity index (χ4n) is 2.32. The monoisotopic (exact) mass is 778 g/mol. The Morgan fingerprint density at radius 1 is 0.600 bits per heavy atom. The second-order valence-electron chi connectivity index (χ2n) is 7.41. The summed E-state index contributed by atoms with van der Waals surface area (Å²) in [7, 11) is -8.43. The van der Waals surface area contributed by atoms with E-state index < -0.39 is 69.4 Å². The predicted molar refractivity (Wildman–Crippen MR) is 134 cm³/mol. The zero-order valence-corrected chi connectivity index (χ0v) is 30.9. The first-order chi connectivity index (χ1) is 19.4. The number of carboxylic acid groups (broad SMARTS) is 2. The molecule has 0 atom stereocenters. The number of hydrogen-bond acceptors (Lipinski definition) is 14. The Kier molecular flexibility index (Phi) is 22.9. The standard InChI is InChI=1S/2C11H12N2O7S.2Na.Pd/c2*1-7-2-4-8(5-3-7)21(18,19)13-9(14)6-12-10(15)20-11(16)17;;;/h2*2-5H,6H2,1H3,(H3,12,13,14,15,16,17);;;/q;;2*+1;/p-6. The summed E-state index contributed by atoms with van der Waals surface area (Å²) in [5.41, 5.74) is 1.64. The van der Waals surface area contributed by atoms with Crippen LogP contribution in [0.4, 0.5) is 19.2 Å². The van der Waals surface area contributed by atoms with Gasteiger partial charge in [-0.25, -0.2) is 16.8 Å². The van der Waals surface area contributed by atoms with Crippen LogP contribution in [0, 0.1) is 13.8 Å². The maximum atomic E-state index is 11.7. The molecule has 0 aliphatic heterocycles. The molecule has 0 aliphatic carbocycles. The second-order valence-corrected chi connectivity index (χ2v) is 10.6. The van der Waals surface area contributed by atoms with E-state index in [1.807, 2.05) is 0 Å². The summed E-state index contributed by atoms with van der Waals surface area (Å²) >= 11 is 0. The molecule has 4 amide bonds. The molecule has 0 radical (unpaired) electrons. The quantitative estimate of drug-likeness (QED) is 0.138. The molecule has 0 saturated carbocycles. The molecular weight excluding hydrogens is 761 g/mol. The minimum Gasteiger partial charge on any atom is -0.630 e. The first kappa shape index (κ1) is 46.8. The number of hydrogen-bond donors (Lipinski definition) is 0. The molecule has 2 rings (SSSR count). The smallest absolute Gasteiger partial charge is 0.630 e. The molecule has 0 saturated heterocycles. The molecular formula is C22H18N4Na2O14PdS2-4. The number of carbonyl (C=O) groups excluding carboxylic acids is 6.